The Hall–Kier alpha value is -1.08. The number of nitrogens with two attached hydrogens (primary N) is 1. The van der Waals surface area contributed by atoms with Crippen molar-refractivity contribution in [3.05, 3.63) is 29.8 Å². The topological polar surface area (TPSA) is 60.2 Å². The highest BCUT2D eigenvalue weighted by Gasteiger charge is 2.47. The van der Waals surface area contributed by atoms with E-state index >= 15 is 0 Å². The molecule has 0 aliphatic carbocycles. The first-order valence-electron chi connectivity index (χ1n) is 5.72. The molecule has 0 aromatic heterocycles. The third-order valence-electron chi connectivity index (χ3n) is 2.88. The SMILES string of the molecule is CC(C)C(N)Cc1ccccc1S(=O)(=O)C(F)(F)F. The molecule has 0 heterocycles. The van der Waals surface area contributed by atoms with Gasteiger partial charge < -0.3 is 5.73 Å². The van der Waals surface area contributed by atoms with E-state index in [0.29, 0.717) is 0 Å². The van der Waals surface area contributed by atoms with Crippen molar-refractivity contribution in [2.24, 2.45) is 11.7 Å². The average molecular weight is 295 g/mol. The highest BCUT2D eigenvalue weighted by molar-refractivity contribution is 7.92. The van der Waals surface area contributed by atoms with Crippen LogP contribution in [0, 0.1) is 5.92 Å². The van der Waals surface area contributed by atoms with Gasteiger partial charge >= 0.3 is 5.51 Å². The highest BCUT2D eigenvalue weighted by Crippen LogP contribution is 2.32. The lowest BCUT2D eigenvalue weighted by Crippen LogP contribution is -2.30. The predicted octanol–water partition coefficient (Wildman–Crippen LogP) is 2.51. The quantitative estimate of drug-likeness (QED) is 0.928. The molecule has 1 atom stereocenters. The summed E-state index contributed by atoms with van der Waals surface area (Å²) in [4.78, 5) is -0.710. The fourth-order valence-corrected chi connectivity index (χ4v) is 2.55. The molecule has 1 unspecified atom stereocenters. The predicted molar refractivity (Wildman–Crippen MR) is 66.2 cm³/mol. The van der Waals surface area contributed by atoms with E-state index in [9.17, 15) is 21.6 Å². The van der Waals surface area contributed by atoms with Gasteiger partial charge in [0, 0.05) is 6.04 Å². The summed E-state index contributed by atoms with van der Waals surface area (Å²) in [6.45, 7) is 3.65. The number of hydrogen-bond acceptors (Lipinski definition) is 3. The van der Waals surface area contributed by atoms with Crippen LogP contribution in [0.25, 0.3) is 0 Å². The molecule has 0 radical (unpaired) electrons. The number of halogens is 3. The van der Waals surface area contributed by atoms with Crippen LogP contribution >= 0.6 is 0 Å². The minimum Gasteiger partial charge on any atom is -0.327 e. The van der Waals surface area contributed by atoms with Crippen molar-refractivity contribution in [2.75, 3.05) is 0 Å². The lowest BCUT2D eigenvalue weighted by Gasteiger charge is -2.18. The van der Waals surface area contributed by atoms with Crippen molar-refractivity contribution in [2.45, 2.75) is 36.7 Å². The van der Waals surface area contributed by atoms with Crippen LogP contribution in [0.3, 0.4) is 0 Å². The zero-order valence-electron chi connectivity index (χ0n) is 10.6. The van der Waals surface area contributed by atoms with Gasteiger partial charge in [0.2, 0.25) is 0 Å². The van der Waals surface area contributed by atoms with Crippen LogP contribution in [0.15, 0.2) is 29.2 Å². The molecule has 0 fully saturated rings. The van der Waals surface area contributed by atoms with Crippen molar-refractivity contribution in [3.63, 3.8) is 0 Å². The largest absolute Gasteiger partial charge is 0.501 e. The Kier molecular flexibility index (Phi) is 4.63. The van der Waals surface area contributed by atoms with Gasteiger partial charge in [0.15, 0.2) is 0 Å². The number of hydrogen-bond donors (Lipinski definition) is 1. The van der Waals surface area contributed by atoms with Crippen LogP contribution in [0.2, 0.25) is 0 Å². The lowest BCUT2D eigenvalue weighted by molar-refractivity contribution is -0.0436. The van der Waals surface area contributed by atoms with Crippen LogP contribution in [0.1, 0.15) is 19.4 Å². The van der Waals surface area contributed by atoms with Crippen LogP contribution in [-0.4, -0.2) is 20.0 Å². The summed E-state index contributed by atoms with van der Waals surface area (Å²) < 4.78 is 60.6. The maximum absolute atomic E-state index is 12.6. The van der Waals surface area contributed by atoms with Crippen molar-refractivity contribution >= 4 is 9.84 Å². The van der Waals surface area contributed by atoms with E-state index in [1.807, 2.05) is 13.8 Å². The maximum Gasteiger partial charge on any atom is 0.501 e. The van der Waals surface area contributed by atoms with Crippen LogP contribution < -0.4 is 5.73 Å². The molecule has 0 aliphatic heterocycles. The summed E-state index contributed by atoms with van der Waals surface area (Å²) >= 11 is 0. The van der Waals surface area contributed by atoms with Gasteiger partial charge in [-0.05, 0) is 24.0 Å². The first kappa shape index (κ1) is 16.0. The summed E-state index contributed by atoms with van der Waals surface area (Å²) in [5.41, 5.74) is 0.591. The van der Waals surface area contributed by atoms with Crippen molar-refractivity contribution in [1.29, 1.82) is 0 Å². The maximum atomic E-state index is 12.6. The van der Waals surface area contributed by atoms with Gasteiger partial charge in [-0.15, -0.1) is 0 Å². The number of rotatable bonds is 4. The first-order chi connectivity index (χ1) is 8.57. The molecule has 108 valence electrons. The van der Waals surface area contributed by atoms with Crippen LogP contribution in [0.4, 0.5) is 13.2 Å². The van der Waals surface area contributed by atoms with E-state index < -0.39 is 26.3 Å². The minimum absolute atomic E-state index is 0.0432. The summed E-state index contributed by atoms with van der Waals surface area (Å²) in [6.07, 6.45) is 0.0865. The molecule has 3 nitrogen and oxygen atoms in total. The molecule has 1 rings (SSSR count). The molecule has 0 saturated carbocycles. The van der Waals surface area contributed by atoms with Crippen molar-refractivity contribution < 1.29 is 21.6 Å². The number of alkyl halides is 3. The Labute approximate surface area is 110 Å². The molecule has 0 saturated heterocycles. The van der Waals surface area contributed by atoms with Gasteiger partial charge in [0.1, 0.15) is 0 Å². The van der Waals surface area contributed by atoms with E-state index in [0.717, 1.165) is 6.07 Å². The van der Waals surface area contributed by atoms with E-state index in [1.54, 1.807) is 0 Å². The van der Waals surface area contributed by atoms with Crippen molar-refractivity contribution in [3.8, 4) is 0 Å². The highest BCUT2D eigenvalue weighted by atomic mass is 32.2. The Morgan fingerprint density at radius 3 is 2.21 bits per heavy atom. The van der Waals surface area contributed by atoms with Gasteiger partial charge in [-0.3, -0.25) is 0 Å². The van der Waals surface area contributed by atoms with Gasteiger partial charge in [0.25, 0.3) is 9.84 Å². The summed E-state index contributed by atoms with van der Waals surface area (Å²) in [5, 5.41) is 0. The molecular weight excluding hydrogens is 279 g/mol. The molecule has 1 aromatic carbocycles. The zero-order valence-corrected chi connectivity index (χ0v) is 11.4. The summed E-state index contributed by atoms with van der Waals surface area (Å²) in [7, 11) is -5.33. The zero-order chi connectivity index (χ0) is 14.8. The molecule has 0 spiro atoms. The number of sulfone groups is 1. The third-order valence-corrected chi connectivity index (χ3v) is 4.47. The van der Waals surface area contributed by atoms with Gasteiger partial charge in [-0.25, -0.2) is 8.42 Å². The molecule has 7 heteroatoms. The van der Waals surface area contributed by atoms with E-state index in [2.05, 4.69) is 0 Å². The molecular formula is C12H16F3NO2S. The fourth-order valence-electron chi connectivity index (χ4n) is 1.55. The molecule has 2 N–H and O–H groups in total. The Morgan fingerprint density at radius 2 is 1.74 bits per heavy atom. The first-order valence-corrected chi connectivity index (χ1v) is 7.20. The summed E-state index contributed by atoms with van der Waals surface area (Å²) in [5.74, 6) is 0.0432. The van der Waals surface area contributed by atoms with Crippen molar-refractivity contribution in [1.82, 2.24) is 0 Å². The van der Waals surface area contributed by atoms with Gasteiger partial charge in [0.05, 0.1) is 4.90 Å². The fraction of sp³-hybridized carbons (Fsp3) is 0.500. The molecule has 19 heavy (non-hydrogen) atoms. The monoisotopic (exact) mass is 295 g/mol. The van der Waals surface area contributed by atoms with E-state index in [1.165, 1.54) is 18.2 Å². The second-order valence-electron chi connectivity index (χ2n) is 4.67. The normalized spacial score (nSPS) is 14.7. The molecule has 1 aromatic rings. The smallest absolute Gasteiger partial charge is 0.327 e. The Morgan fingerprint density at radius 1 is 1.21 bits per heavy atom. The standard InChI is InChI=1S/C12H16F3NO2S/c1-8(2)10(16)7-9-5-3-4-6-11(9)19(17,18)12(13,14)15/h3-6,8,10H,7,16H2,1-2H3. The molecule has 0 amide bonds. The van der Waals surface area contributed by atoms with Crippen LogP contribution in [-0.2, 0) is 16.3 Å². The van der Waals surface area contributed by atoms with Gasteiger partial charge in [-0.1, -0.05) is 32.0 Å². The second-order valence-corrected chi connectivity index (χ2v) is 6.58. The Balaban J connectivity index is 3.25. The second kappa shape index (κ2) is 5.50. The van der Waals surface area contributed by atoms with Gasteiger partial charge in [-0.2, -0.15) is 13.2 Å². The minimum atomic E-state index is -5.33. The molecule has 0 bridgehead atoms. The third kappa shape index (κ3) is 3.48. The average Bonchev–Trinajstić information content (AvgIpc) is 2.27. The Bertz CT molecular complexity index is 538. The lowest BCUT2D eigenvalue weighted by atomic mass is 9.97. The van der Waals surface area contributed by atoms with Crippen LogP contribution in [0.5, 0.6) is 0 Å². The van der Waals surface area contributed by atoms with E-state index in [4.69, 9.17) is 5.73 Å². The van der Waals surface area contributed by atoms with E-state index in [-0.39, 0.29) is 17.9 Å². The molecule has 0 aliphatic rings. The summed E-state index contributed by atoms with van der Waals surface area (Å²) in [6, 6.07) is 4.69. The number of benzene rings is 1.